The highest BCUT2D eigenvalue weighted by atomic mass is 31.2. The zero-order valence-corrected chi connectivity index (χ0v) is 27.0. The van der Waals surface area contributed by atoms with Crippen LogP contribution < -0.4 is 20.1 Å². The Hall–Kier alpha value is -3.32. The van der Waals surface area contributed by atoms with Crippen molar-refractivity contribution in [3.63, 3.8) is 0 Å². The summed E-state index contributed by atoms with van der Waals surface area (Å²) in [5, 5.41) is 19.2. The number of benzene rings is 2. The second-order valence-corrected chi connectivity index (χ2v) is 13.9. The number of aliphatic hydroxyl groups is 2. The van der Waals surface area contributed by atoms with Gasteiger partial charge in [-0.1, -0.05) is 39.1 Å². The Bertz CT molecular complexity index is 1410. The van der Waals surface area contributed by atoms with Crippen molar-refractivity contribution in [2.45, 2.75) is 45.3 Å². The summed E-state index contributed by atoms with van der Waals surface area (Å²) in [5.74, 6) is -1.92. The fourth-order valence-electron chi connectivity index (χ4n) is 3.74. The molecule has 0 fully saturated rings. The second kappa shape index (κ2) is 15.3. The molecular weight excluding hydrogens is 634 g/mol. The van der Waals surface area contributed by atoms with E-state index in [0.29, 0.717) is 11.1 Å². The van der Waals surface area contributed by atoms with Crippen LogP contribution in [0.4, 0.5) is 0 Å². The van der Waals surface area contributed by atoms with Crippen LogP contribution in [0, 0.1) is 0 Å². The van der Waals surface area contributed by atoms with Crippen LogP contribution in [0.3, 0.4) is 0 Å². The van der Waals surface area contributed by atoms with Crippen molar-refractivity contribution in [3.05, 3.63) is 71.8 Å². The van der Waals surface area contributed by atoms with Gasteiger partial charge in [-0.25, -0.2) is 9.59 Å². The number of carbonyl (C=O) groups is 2. The standard InChI is InChI=1S/C29H38O14P2/c1-17(2)27(32)42-15-21(30)13-40-23-9-7-19(11-25(23)44(34,35)36)29(5,6)20-8-10-24(26(12-20)45(37,38)39)41-14-22(31)16-43-28(33)18(3)4/h7-12,21-22,30-31H,1,3,13-16H2,2,4-6H3,(H2,34,35,36)(H2,37,38,39). The zero-order valence-electron chi connectivity index (χ0n) is 25.2. The van der Waals surface area contributed by atoms with Gasteiger partial charge in [0.2, 0.25) is 0 Å². The number of aliphatic hydroxyl groups excluding tert-OH is 2. The molecule has 0 aliphatic carbocycles. The molecule has 0 aliphatic rings. The maximum absolute atomic E-state index is 12.4. The summed E-state index contributed by atoms with van der Waals surface area (Å²) in [4.78, 5) is 63.2. The smallest absolute Gasteiger partial charge is 0.359 e. The molecule has 2 atom stereocenters. The molecule has 14 nitrogen and oxygen atoms in total. The predicted molar refractivity (Wildman–Crippen MR) is 163 cm³/mol. The number of esters is 2. The molecule has 45 heavy (non-hydrogen) atoms. The molecule has 0 aromatic heterocycles. The van der Waals surface area contributed by atoms with Crippen LogP contribution in [0.25, 0.3) is 0 Å². The lowest BCUT2D eigenvalue weighted by Gasteiger charge is -2.28. The third-order valence-corrected chi connectivity index (χ3v) is 8.32. The minimum Gasteiger partial charge on any atom is -0.490 e. The van der Waals surface area contributed by atoms with Gasteiger partial charge in [0.25, 0.3) is 0 Å². The van der Waals surface area contributed by atoms with Crippen molar-refractivity contribution >= 4 is 37.7 Å². The number of carbonyl (C=O) groups excluding carboxylic acids is 2. The molecule has 0 radical (unpaired) electrons. The molecule has 6 N–H and O–H groups in total. The Morgan fingerprint density at radius 2 is 1.04 bits per heavy atom. The van der Waals surface area contributed by atoms with Gasteiger partial charge in [0.05, 0.1) is 0 Å². The van der Waals surface area contributed by atoms with Crippen molar-refractivity contribution in [3.8, 4) is 11.5 Å². The minimum atomic E-state index is -4.94. The number of hydrogen-bond donors (Lipinski definition) is 6. The Kier molecular flexibility index (Phi) is 12.9. The monoisotopic (exact) mass is 672 g/mol. The van der Waals surface area contributed by atoms with Crippen molar-refractivity contribution < 1.29 is 67.5 Å². The SMILES string of the molecule is C=C(C)C(=O)OCC(O)COc1ccc(C(C)(C)c2ccc(OCC(O)COC(=O)C(=C)C)c(P(=O)(O)O)c2)cc1P(=O)(O)O. The normalized spacial score (nSPS) is 13.4. The number of hydrogen-bond acceptors (Lipinski definition) is 10. The third kappa shape index (κ3) is 10.9. The van der Waals surface area contributed by atoms with Gasteiger partial charge in [-0.2, -0.15) is 0 Å². The lowest BCUT2D eigenvalue weighted by Crippen LogP contribution is -2.28. The van der Waals surface area contributed by atoms with Gasteiger partial charge in [-0.05, 0) is 49.2 Å². The molecule has 2 aromatic rings. The summed E-state index contributed by atoms with van der Waals surface area (Å²) in [6, 6.07) is 7.92. The van der Waals surface area contributed by atoms with Crippen molar-refractivity contribution in [2.75, 3.05) is 26.4 Å². The van der Waals surface area contributed by atoms with Gasteiger partial charge in [0, 0.05) is 16.6 Å². The Morgan fingerprint density at radius 1 is 0.711 bits per heavy atom. The van der Waals surface area contributed by atoms with Crippen LogP contribution in [0.1, 0.15) is 38.8 Å². The zero-order chi connectivity index (χ0) is 34.3. The van der Waals surface area contributed by atoms with E-state index in [9.17, 15) is 48.5 Å². The first kappa shape index (κ1) is 37.9. The van der Waals surface area contributed by atoms with E-state index in [2.05, 4.69) is 13.2 Å². The molecule has 0 spiro atoms. The van der Waals surface area contributed by atoms with Gasteiger partial charge in [-0.15, -0.1) is 0 Å². The summed E-state index contributed by atoms with van der Waals surface area (Å²) >= 11 is 0. The van der Waals surface area contributed by atoms with E-state index in [1.807, 2.05) is 0 Å². The molecule has 2 rings (SSSR count). The first-order valence-corrected chi connectivity index (χ1v) is 16.5. The van der Waals surface area contributed by atoms with Gasteiger partial charge in [0.1, 0.15) is 60.7 Å². The van der Waals surface area contributed by atoms with Crippen LogP contribution in [-0.4, -0.2) is 80.4 Å². The average Bonchev–Trinajstić information content (AvgIpc) is 2.94. The summed E-state index contributed by atoms with van der Waals surface area (Å²) < 4.78 is 45.3. The molecule has 2 aromatic carbocycles. The molecule has 0 amide bonds. The summed E-state index contributed by atoms with van der Waals surface area (Å²) in [7, 11) is -9.87. The molecule has 0 aliphatic heterocycles. The molecule has 248 valence electrons. The largest absolute Gasteiger partial charge is 0.490 e. The first-order chi connectivity index (χ1) is 20.6. The highest BCUT2D eigenvalue weighted by Gasteiger charge is 2.32. The second-order valence-electron chi connectivity index (χ2n) is 10.8. The van der Waals surface area contributed by atoms with E-state index in [-0.39, 0.29) is 22.6 Å². The lowest BCUT2D eigenvalue weighted by atomic mass is 9.78. The van der Waals surface area contributed by atoms with Crippen LogP contribution in [0.5, 0.6) is 11.5 Å². The summed E-state index contributed by atoms with van der Waals surface area (Å²) in [5.41, 5.74) is -0.166. The van der Waals surface area contributed by atoms with Crippen LogP contribution >= 0.6 is 15.2 Å². The fraction of sp³-hybridized carbons (Fsp3) is 0.379. The Morgan fingerprint density at radius 3 is 1.33 bits per heavy atom. The number of rotatable bonds is 16. The van der Waals surface area contributed by atoms with E-state index in [1.54, 1.807) is 13.8 Å². The maximum atomic E-state index is 12.4. The molecular formula is C29H38O14P2. The fourth-order valence-corrected chi connectivity index (χ4v) is 5.20. The van der Waals surface area contributed by atoms with E-state index in [0.717, 1.165) is 0 Å². The van der Waals surface area contributed by atoms with Gasteiger partial charge in [0.15, 0.2) is 0 Å². The molecule has 0 saturated heterocycles. The van der Waals surface area contributed by atoms with Crippen molar-refractivity contribution in [1.29, 1.82) is 0 Å². The highest BCUT2D eigenvalue weighted by Crippen LogP contribution is 2.43. The first-order valence-electron chi connectivity index (χ1n) is 13.3. The Balaban J connectivity index is 2.33. The highest BCUT2D eigenvalue weighted by molar-refractivity contribution is 7.60. The lowest BCUT2D eigenvalue weighted by molar-refractivity contribution is -0.143. The average molecular weight is 673 g/mol. The molecule has 0 saturated carbocycles. The van der Waals surface area contributed by atoms with Crippen LogP contribution in [0.15, 0.2) is 60.7 Å². The van der Waals surface area contributed by atoms with Crippen molar-refractivity contribution in [1.82, 2.24) is 0 Å². The topological polar surface area (TPSA) is 227 Å². The maximum Gasteiger partial charge on any atom is 0.359 e. The quantitative estimate of drug-likeness (QED) is 0.0841. The molecule has 0 heterocycles. The van der Waals surface area contributed by atoms with E-state index < -0.39 is 81.8 Å². The summed E-state index contributed by atoms with van der Waals surface area (Å²) in [6.07, 6.45) is -2.62. The van der Waals surface area contributed by atoms with Crippen molar-refractivity contribution in [2.24, 2.45) is 0 Å². The van der Waals surface area contributed by atoms with E-state index >= 15 is 0 Å². The Labute approximate surface area is 260 Å². The van der Waals surface area contributed by atoms with Gasteiger partial charge < -0.3 is 48.7 Å². The number of ether oxygens (including phenoxy) is 4. The van der Waals surface area contributed by atoms with Gasteiger partial charge >= 0.3 is 27.1 Å². The molecule has 16 heteroatoms. The van der Waals surface area contributed by atoms with E-state index in [4.69, 9.17) is 18.9 Å². The molecule has 2 unspecified atom stereocenters. The third-order valence-electron chi connectivity index (χ3n) is 6.36. The van der Waals surface area contributed by atoms with Crippen LogP contribution in [0.2, 0.25) is 0 Å². The minimum absolute atomic E-state index is 0.123. The predicted octanol–water partition coefficient (Wildman–Crippen LogP) is 1.34. The van der Waals surface area contributed by atoms with E-state index in [1.165, 1.54) is 50.2 Å². The summed E-state index contributed by atoms with van der Waals surface area (Å²) in [6.45, 7) is 11.2. The molecule has 0 bridgehead atoms. The van der Waals surface area contributed by atoms with Crippen LogP contribution in [-0.2, 0) is 33.6 Å². The van der Waals surface area contributed by atoms with Gasteiger partial charge in [-0.3, -0.25) is 9.13 Å².